The highest BCUT2D eigenvalue weighted by Gasteiger charge is 2.08. The smallest absolute Gasteiger partial charge is 0.132 e. The standard InChI is InChI=1S/C11H9ClNO2S2/c1-8-4-2-3-5-9(8)13-17(14,15)11-7-6-10(12)16-11/h2-7H,1H3/q-1. The molecule has 3 nitrogen and oxygen atoms in total. The summed E-state index contributed by atoms with van der Waals surface area (Å²) in [6.07, 6.45) is 0. The first-order valence-corrected chi connectivity index (χ1v) is 7.41. The van der Waals surface area contributed by atoms with E-state index in [1.807, 2.05) is 19.1 Å². The van der Waals surface area contributed by atoms with Gasteiger partial charge in [-0.1, -0.05) is 41.4 Å². The van der Waals surface area contributed by atoms with Crippen LogP contribution in [0.25, 0.3) is 4.72 Å². The number of aryl methyl sites for hydroxylation is 1. The first kappa shape index (κ1) is 12.4. The van der Waals surface area contributed by atoms with E-state index in [1.165, 1.54) is 6.07 Å². The van der Waals surface area contributed by atoms with Crippen molar-refractivity contribution < 1.29 is 8.42 Å². The first-order valence-electron chi connectivity index (χ1n) is 4.78. The van der Waals surface area contributed by atoms with E-state index in [-0.39, 0.29) is 4.21 Å². The second-order valence-corrected chi connectivity index (χ2v) is 6.96. The van der Waals surface area contributed by atoms with Gasteiger partial charge in [0.1, 0.15) is 14.2 Å². The molecule has 0 saturated carbocycles. The highest BCUT2D eigenvalue weighted by molar-refractivity contribution is 7.96. The minimum atomic E-state index is -3.66. The third kappa shape index (κ3) is 2.80. The van der Waals surface area contributed by atoms with Gasteiger partial charge in [-0.2, -0.15) is 0 Å². The molecule has 0 atom stereocenters. The Morgan fingerprint density at radius 2 is 1.88 bits per heavy atom. The van der Waals surface area contributed by atoms with Crippen molar-refractivity contribution in [2.24, 2.45) is 0 Å². The third-order valence-corrected chi connectivity index (χ3v) is 5.13. The van der Waals surface area contributed by atoms with Crippen LogP contribution < -0.4 is 0 Å². The number of sulfonamides is 1. The molecule has 1 aromatic carbocycles. The molecular weight excluding hydrogens is 278 g/mol. The summed E-state index contributed by atoms with van der Waals surface area (Å²) in [4.78, 5) is 0. The number of rotatable bonds is 3. The van der Waals surface area contributed by atoms with Crippen molar-refractivity contribution >= 4 is 38.6 Å². The van der Waals surface area contributed by atoms with Crippen molar-refractivity contribution in [2.45, 2.75) is 11.1 Å². The Morgan fingerprint density at radius 1 is 1.18 bits per heavy atom. The SMILES string of the molecule is Cc1ccccc1[N-]S(=O)(=O)c1ccc(Cl)s1. The maximum atomic E-state index is 12.0. The summed E-state index contributed by atoms with van der Waals surface area (Å²) in [5.74, 6) is 0. The van der Waals surface area contributed by atoms with Gasteiger partial charge in [0.05, 0.1) is 4.34 Å². The zero-order chi connectivity index (χ0) is 12.5. The second kappa shape index (κ2) is 4.68. The molecule has 90 valence electrons. The molecule has 0 bridgehead atoms. The summed E-state index contributed by atoms with van der Waals surface area (Å²) in [5, 5.41) is 0. The zero-order valence-corrected chi connectivity index (χ0v) is 11.3. The fourth-order valence-corrected chi connectivity index (χ4v) is 3.79. The Bertz CT molecular complexity index is 634. The quantitative estimate of drug-likeness (QED) is 0.853. The van der Waals surface area contributed by atoms with E-state index in [0.29, 0.717) is 10.0 Å². The van der Waals surface area contributed by atoms with Gasteiger partial charge in [0.2, 0.25) is 0 Å². The van der Waals surface area contributed by atoms with E-state index in [1.54, 1.807) is 18.2 Å². The maximum Gasteiger partial charge on any atom is 0.132 e. The molecule has 0 N–H and O–H groups in total. The van der Waals surface area contributed by atoms with Gasteiger partial charge in [-0.05, 0) is 19.1 Å². The van der Waals surface area contributed by atoms with Gasteiger partial charge in [0.15, 0.2) is 0 Å². The summed E-state index contributed by atoms with van der Waals surface area (Å²) in [6.45, 7) is 1.82. The Hall–Kier alpha value is -1.04. The molecule has 0 aliphatic heterocycles. The molecular formula is C11H9ClNO2S2-. The first-order chi connectivity index (χ1) is 7.99. The average molecular weight is 287 g/mol. The monoisotopic (exact) mass is 286 g/mol. The van der Waals surface area contributed by atoms with Gasteiger partial charge in [-0.15, -0.1) is 17.0 Å². The number of thiophene rings is 1. The molecule has 0 unspecified atom stereocenters. The van der Waals surface area contributed by atoms with E-state index in [2.05, 4.69) is 4.72 Å². The number of hydrogen-bond donors (Lipinski definition) is 0. The summed E-state index contributed by atoms with van der Waals surface area (Å²) >= 11 is 6.72. The normalized spacial score (nSPS) is 11.4. The van der Waals surface area contributed by atoms with Gasteiger partial charge in [-0.3, -0.25) is 0 Å². The van der Waals surface area contributed by atoms with Crippen LogP contribution in [0.5, 0.6) is 0 Å². The Labute approximate surface area is 109 Å². The fraction of sp³-hybridized carbons (Fsp3) is 0.0909. The lowest BCUT2D eigenvalue weighted by Crippen LogP contribution is -1.94. The average Bonchev–Trinajstić information content (AvgIpc) is 2.69. The summed E-state index contributed by atoms with van der Waals surface area (Å²) in [6, 6.07) is 10.1. The van der Waals surface area contributed by atoms with Crippen LogP contribution >= 0.6 is 22.9 Å². The lowest BCUT2D eigenvalue weighted by molar-refractivity contribution is 0.605. The predicted octanol–water partition coefficient (Wildman–Crippen LogP) is 4.10. The van der Waals surface area contributed by atoms with Crippen LogP contribution in [-0.4, -0.2) is 8.42 Å². The second-order valence-electron chi connectivity index (χ2n) is 3.41. The molecule has 0 radical (unpaired) electrons. The fourth-order valence-electron chi connectivity index (χ4n) is 1.28. The molecule has 2 aromatic rings. The minimum Gasteiger partial charge on any atom is -0.572 e. The minimum absolute atomic E-state index is 0.158. The van der Waals surface area contributed by atoms with Crippen LogP contribution in [-0.2, 0) is 10.0 Å². The summed E-state index contributed by atoms with van der Waals surface area (Å²) in [5.41, 5.74) is 1.27. The van der Waals surface area contributed by atoms with E-state index in [0.717, 1.165) is 16.9 Å². The summed E-state index contributed by atoms with van der Waals surface area (Å²) < 4.78 is 28.3. The Morgan fingerprint density at radius 3 is 2.47 bits per heavy atom. The number of halogens is 1. The molecule has 17 heavy (non-hydrogen) atoms. The number of benzene rings is 1. The lowest BCUT2D eigenvalue weighted by Gasteiger charge is -2.22. The van der Waals surface area contributed by atoms with Gasteiger partial charge in [0, 0.05) is 0 Å². The van der Waals surface area contributed by atoms with Crippen LogP contribution in [0, 0.1) is 6.92 Å². The molecule has 1 heterocycles. The van der Waals surface area contributed by atoms with Crippen LogP contribution in [0.4, 0.5) is 5.69 Å². The van der Waals surface area contributed by atoms with E-state index >= 15 is 0 Å². The molecule has 1 aromatic heterocycles. The molecule has 2 rings (SSSR count). The predicted molar refractivity (Wildman–Crippen MR) is 70.7 cm³/mol. The van der Waals surface area contributed by atoms with Crippen molar-refractivity contribution in [3.8, 4) is 0 Å². The number of nitrogens with zero attached hydrogens (tertiary/aromatic N) is 1. The van der Waals surface area contributed by atoms with Gasteiger partial charge in [0.25, 0.3) is 0 Å². The highest BCUT2D eigenvalue weighted by atomic mass is 35.5. The van der Waals surface area contributed by atoms with Gasteiger partial charge in [-0.25, -0.2) is 8.42 Å². The van der Waals surface area contributed by atoms with E-state index in [9.17, 15) is 8.42 Å². The molecule has 0 amide bonds. The van der Waals surface area contributed by atoms with Gasteiger partial charge >= 0.3 is 0 Å². The van der Waals surface area contributed by atoms with Crippen molar-refractivity contribution in [3.05, 3.63) is 51.0 Å². The Balaban J connectivity index is 2.33. The molecule has 0 spiro atoms. The van der Waals surface area contributed by atoms with Crippen molar-refractivity contribution in [2.75, 3.05) is 0 Å². The zero-order valence-electron chi connectivity index (χ0n) is 8.92. The molecule has 0 aliphatic rings. The molecule has 0 fully saturated rings. The van der Waals surface area contributed by atoms with Crippen molar-refractivity contribution in [3.63, 3.8) is 0 Å². The van der Waals surface area contributed by atoms with Crippen molar-refractivity contribution in [1.82, 2.24) is 0 Å². The highest BCUT2D eigenvalue weighted by Crippen LogP contribution is 2.34. The largest absolute Gasteiger partial charge is 0.572 e. The van der Waals surface area contributed by atoms with Crippen LogP contribution in [0.2, 0.25) is 4.34 Å². The van der Waals surface area contributed by atoms with Gasteiger partial charge < -0.3 is 4.72 Å². The molecule has 0 aliphatic carbocycles. The topological polar surface area (TPSA) is 48.2 Å². The van der Waals surface area contributed by atoms with Crippen LogP contribution in [0.3, 0.4) is 0 Å². The Kier molecular flexibility index (Phi) is 3.42. The summed E-state index contributed by atoms with van der Waals surface area (Å²) in [7, 11) is -3.66. The number of hydrogen-bond acceptors (Lipinski definition) is 3. The lowest BCUT2D eigenvalue weighted by atomic mass is 10.2. The molecule has 6 heteroatoms. The van der Waals surface area contributed by atoms with Crippen LogP contribution in [0.1, 0.15) is 5.56 Å². The maximum absolute atomic E-state index is 12.0. The molecule has 0 saturated heterocycles. The third-order valence-electron chi connectivity index (χ3n) is 2.14. The van der Waals surface area contributed by atoms with Crippen LogP contribution in [0.15, 0.2) is 40.6 Å². The van der Waals surface area contributed by atoms with E-state index in [4.69, 9.17) is 11.6 Å². The van der Waals surface area contributed by atoms with Crippen molar-refractivity contribution in [1.29, 1.82) is 0 Å². The van der Waals surface area contributed by atoms with E-state index < -0.39 is 10.0 Å².